The van der Waals surface area contributed by atoms with Crippen molar-refractivity contribution < 1.29 is 23.0 Å². The molecule has 1 atom stereocenters. The Kier molecular flexibility index (Phi) is 3.87. The predicted octanol–water partition coefficient (Wildman–Crippen LogP) is 3.18. The third kappa shape index (κ3) is 2.92. The Labute approximate surface area is 110 Å². The monoisotopic (exact) mass is 274 g/mol. The summed E-state index contributed by atoms with van der Waals surface area (Å²) >= 11 is 0. The van der Waals surface area contributed by atoms with E-state index in [9.17, 15) is 18.3 Å². The van der Waals surface area contributed by atoms with Crippen LogP contribution in [0.5, 0.6) is 0 Å². The van der Waals surface area contributed by atoms with Gasteiger partial charge in [0.1, 0.15) is 0 Å². The van der Waals surface area contributed by atoms with Crippen molar-refractivity contribution in [2.24, 2.45) is 0 Å². The number of rotatable bonds is 4. The summed E-state index contributed by atoms with van der Waals surface area (Å²) in [6.07, 6.45) is -2.45. The summed E-state index contributed by atoms with van der Waals surface area (Å²) in [5.41, 5.74) is -0.781. The fraction of sp³-hybridized carbons (Fsp3) is 0.571. The third-order valence-corrected chi connectivity index (χ3v) is 3.90. The van der Waals surface area contributed by atoms with Gasteiger partial charge in [-0.3, -0.25) is 0 Å². The normalized spacial score (nSPS) is 19.8. The van der Waals surface area contributed by atoms with Gasteiger partial charge < -0.3 is 9.84 Å². The van der Waals surface area contributed by atoms with Gasteiger partial charge in [0.2, 0.25) is 0 Å². The van der Waals surface area contributed by atoms with Crippen LogP contribution in [0.25, 0.3) is 0 Å². The van der Waals surface area contributed by atoms with Gasteiger partial charge in [0.15, 0.2) is 0 Å². The van der Waals surface area contributed by atoms with E-state index in [1.54, 1.807) is 6.07 Å². The van der Waals surface area contributed by atoms with Gasteiger partial charge >= 0.3 is 6.18 Å². The SMILES string of the molecule is COC1(C(O)Cc2cccc(C(F)(F)F)c2)CCC1. The first kappa shape index (κ1) is 14.3. The number of hydrogen-bond acceptors (Lipinski definition) is 2. The highest BCUT2D eigenvalue weighted by Crippen LogP contribution is 2.39. The lowest BCUT2D eigenvalue weighted by molar-refractivity contribution is -0.148. The Bertz CT molecular complexity index is 433. The molecule has 1 fully saturated rings. The zero-order chi connectivity index (χ0) is 14.1. The summed E-state index contributed by atoms with van der Waals surface area (Å²) in [5.74, 6) is 0. The van der Waals surface area contributed by atoms with E-state index < -0.39 is 23.4 Å². The summed E-state index contributed by atoms with van der Waals surface area (Å²) in [6.45, 7) is 0. The summed E-state index contributed by atoms with van der Waals surface area (Å²) < 4.78 is 43.1. The fourth-order valence-electron chi connectivity index (χ4n) is 2.48. The van der Waals surface area contributed by atoms with E-state index in [1.165, 1.54) is 13.2 Å². The van der Waals surface area contributed by atoms with E-state index in [2.05, 4.69) is 0 Å². The number of methoxy groups -OCH3 is 1. The molecule has 0 amide bonds. The number of alkyl halides is 3. The molecule has 0 aliphatic heterocycles. The second-order valence-corrected chi connectivity index (χ2v) is 5.04. The van der Waals surface area contributed by atoms with Gasteiger partial charge in [0.05, 0.1) is 17.3 Å². The molecule has 0 bridgehead atoms. The van der Waals surface area contributed by atoms with Gasteiger partial charge in [-0.15, -0.1) is 0 Å². The van der Waals surface area contributed by atoms with Crippen molar-refractivity contribution >= 4 is 0 Å². The molecule has 1 aromatic rings. The van der Waals surface area contributed by atoms with Crippen molar-refractivity contribution in [1.82, 2.24) is 0 Å². The number of hydrogen-bond donors (Lipinski definition) is 1. The Balaban J connectivity index is 2.11. The lowest BCUT2D eigenvalue weighted by Gasteiger charge is -2.44. The molecule has 0 heterocycles. The smallest absolute Gasteiger partial charge is 0.390 e. The average Bonchev–Trinajstić information content (AvgIpc) is 2.27. The maximum absolute atomic E-state index is 12.6. The second kappa shape index (κ2) is 5.13. The molecular formula is C14H17F3O2. The highest BCUT2D eigenvalue weighted by Gasteiger charge is 2.43. The summed E-state index contributed by atoms with van der Waals surface area (Å²) in [5, 5.41) is 10.2. The zero-order valence-electron chi connectivity index (χ0n) is 10.7. The Hall–Kier alpha value is -1.07. The second-order valence-electron chi connectivity index (χ2n) is 5.04. The molecule has 1 aliphatic rings. The molecule has 0 aromatic heterocycles. The quantitative estimate of drug-likeness (QED) is 0.913. The van der Waals surface area contributed by atoms with Crippen molar-refractivity contribution in [2.75, 3.05) is 7.11 Å². The van der Waals surface area contributed by atoms with Crippen molar-refractivity contribution in [3.8, 4) is 0 Å². The molecule has 1 saturated carbocycles. The molecule has 19 heavy (non-hydrogen) atoms. The van der Waals surface area contributed by atoms with Crippen LogP contribution in [-0.2, 0) is 17.3 Å². The Morgan fingerprint density at radius 2 is 2.05 bits per heavy atom. The third-order valence-electron chi connectivity index (χ3n) is 3.90. The summed E-state index contributed by atoms with van der Waals surface area (Å²) in [4.78, 5) is 0. The van der Waals surface area contributed by atoms with Crippen molar-refractivity contribution in [1.29, 1.82) is 0 Å². The first-order valence-corrected chi connectivity index (χ1v) is 6.27. The zero-order valence-corrected chi connectivity index (χ0v) is 10.7. The molecular weight excluding hydrogens is 257 g/mol. The van der Waals surface area contributed by atoms with E-state index in [4.69, 9.17) is 4.74 Å². The minimum atomic E-state index is -4.35. The maximum atomic E-state index is 12.6. The summed E-state index contributed by atoms with van der Waals surface area (Å²) in [6, 6.07) is 5.09. The van der Waals surface area contributed by atoms with Crippen molar-refractivity contribution in [2.45, 2.75) is 43.6 Å². The van der Waals surface area contributed by atoms with E-state index >= 15 is 0 Å². The lowest BCUT2D eigenvalue weighted by Crippen LogP contribution is -2.50. The molecule has 1 aliphatic carbocycles. The van der Waals surface area contributed by atoms with Crippen LogP contribution in [0, 0.1) is 0 Å². The Morgan fingerprint density at radius 1 is 1.37 bits per heavy atom. The van der Waals surface area contributed by atoms with Crippen LogP contribution in [0.2, 0.25) is 0 Å². The number of aliphatic hydroxyl groups is 1. The minimum absolute atomic E-state index is 0.178. The van der Waals surface area contributed by atoms with Crippen LogP contribution in [0.15, 0.2) is 24.3 Å². The molecule has 0 radical (unpaired) electrons. The van der Waals surface area contributed by atoms with E-state index in [-0.39, 0.29) is 6.42 Å². The van der Waals surface area contributed by atoms with Crippen molar-refractivity contribution in [3.05, 3.63) is 35.4 Å². The topological polar surface area (TPSA) is 29.5 Å². The summed E-state index contributed by atoms with van der Waals surface area (Å²) in [7, 11) is 1.54. The first-order valence-electron chi connectivity index (χ1n) is 6.27. The van der Waals surface area contributed by atoms with Crippen molar-refractivity contribution in [3.63, 3.8) is 0 Å². The average molecular weight is 274 g/mol. The Morgan fingerprint density at radius 3 is 2.53 bits per heavy atom. The molecule has 1 unspecified atom stereocenters. The number of benzene rings is 1. The van der Waals surface area contributed by atoms with Crippen LogP contribution in [-0.4, -0.2) is 23.9 Å². The van der Waals surface area contributed by atoms with Crippen LogP contribution in [0.3, 0.4) is 0 Å². The van der Waals surface area contributed by atoms with Gasteiger partial charge in [0, 0.05) is 13.5 Å². The number of aliphatic hydroxyl groups excluding tert-OH is 1. The molecule has 1 N–H and O–H groups in total. The molecule has 2 nitrogen and oxygen atoms in total. The first-order chi connectivity index (χ1) is 8.87. The molecule has 5 heteroatoms. The molecule has 0 saturated heterocycles. The molecule has 1 aromatic carbocycles. The predicted molar refractivity (Wildman–Crippen MR) is 64.7 cm³/mol. The maximum Gasteiger partial charge on any atom is 0.416 e. The lowest BCUT2D eigenvalue weighted by atomic mass is 9.74. The molecule has 0 spiro atoms. The van der Waals surface area contributed by atoms with Crippen LogP contribution in [0.1, 0.15) is 30.4 Å². The minimum Gasteiger partial charge on any atom is -0.390 e. The van der Waals surface area contributed by atoms with Crippen LogP contribution >= 0.6 is 0 Å². The van der Waals surface area contributed by atoms with Gasteiger partial charge in [0.25, 0.3) is 0 Å². The van der Waals surface area contributed by atoms with E-state index in [1.807, 2.05) is 0 Å². The van der Waals surface area contributed by atoms with Gasteiger partial charge in [-0.2, -0.15) is 13.2 Å². The standard InChI is InChI=1S/C14H17F3O2/c1-19-13(6-3-7-13)12(18)9-10-4-2-5-11(8-10)14(15,16)17/h2,4-5,8,12,18H,3,6-7,9H2,1H3. The van der Waals surface area contributed by atoms with Crippen LogP contribution < -0.4 is 0 Å². The van der Waals surface area contributed by atoms with Gasteiger partial charge in [-0.05, 0) is 30.9 Å². The molecule has 106 valence electrons. The highest BCUT2D eigenvalue weighted by molar-refractivity contribution is 5.26. The van der Waals surface area contributed by atoms with Gasteiger partial charge in [-0.1, -0.05) is 18.2 Å². The van der Waals surface area contributed by atoms with Crippen LogP contribution in [0.4, 0.5) is 13.2 Å². The number of halogens is 3. The molecule has 2 rings (SSSR count). The van der Waals surface area contributed by atoms with E-state index in [0.717, 1.165) is 31.4 Å². The highest BCUT2D eigenvalue weighted by atomic mass is 19.4. The number of ether oxygens (including phenoxy) is 1. The van der Waals surface area contributed by atoms with E-state index in [0.29, 0.717) is 5.56 Å². The fourth-order valence-corrected chi connectivity index (χ4v) is 2.48. The largest absolute Gasteiger partial charge is 0.416 e. The van der Waals surface area contributed by atoms with Gasteiger partial charge in [-0.25, -0.2) is 0 Å².